The minimum atomic E-state index is 0.539. The number of nitrogens with zero attached hydrogens (tertiary/aromatic N) is 1. The van der Waals surface area contributed by atoms with E-state index in [9.17, 15) is 0 Å². The maximum absolute atomic E-state index is 5.59. The third-order valence-corrected chi connectivity index (χ3v) is 3.85. The number of aryl methyl sites for hydroxylation is 1. The van der Waals surface area contributed by atoms with Gasteiger partial charge in [0.2, 0.25) is 0 Å². The highest BCUT2D eigenvalue weighted by molar-refractivity contribution is 7.15. The number of rotatable bonds is 3. The van der Waals surface area contributed by atoms with Crippen LogP contribution in [0.15, 0.2) is 24.4 Å². The Hall–Kier alpha value is -1.59. The molecule has 94 valence electrons. The van der Waals surface area contributed by atoms with Gasteiger partial charge in [-0.25, -0.2) is 4.98 Å². The van der Waals surface area contributed by atoms with E-state index >= 15 is 0 Å². The molecule has 0 amide bonds. The Morgan fingerprint density at radius 3 is 3.22 bits per heavy atom. The molecule has 0 bridgehead atoms. The zero-order valence-corrected chi connectivity index (χ0v) is 10.8. The molecule has 1 aromatic carbocycles. The van der Waals surface area contributed by atoms with Crippen molar-refractivity contribution in [1.29, 1.82) is 0 Å². The van der Waals surface area contributed by atoms with Crippen LogP contribution in [0, 0.1) is 0 Å². The highest BCUT2D eigenvalue weighted by atomic mass is 32.1. The van der Waals surface area contributed by atoms with Gasteiger partial charge < -0.3 is 15.8 Å². The summed E-state index contributed by atoms with van der Waals surface area (Å²) in [6, 6.07) is 6.18. The standard InChI is InChI=1S/C13H15N3OS/c14-7-11-8-15-13(18-11)16-10-3-4-12-9(6-10)2-1-5-17-12/h3-4,6,8H,1-2,5,7,14H2,(H,15,16). The molecule has 3 N–H and O–H groups in total. The first-order valence-corrected chi connectivity index (χ1v) is 6.84. The SMILES string of the molecule is NCc1cnc(Nc2ccc3c(c2)CCCO3)s1. The van der Waals surface area contributed by atoms with Gasteiger partial charge in [0.25, 0.3) is 0 Å². The molecule has 4 nitrogen and oxygen atoms in total. The highest BCUT2D eigenvalue weighted by Crippen LogP contribution is 2.29. The third kappa shape index (κ3) is 2.32. The van der Waals surface area contributed by atoms with Gasteiger partial charge in [-0.05, 0) is 36.6 Å². The van der Waals surface area contributed by atoms with Crippen LogP contribution in [0.25, 0.3) is 0 Å². The smallest absolute Gasteiger partial charge is 0.187 e. The fourth-order valence-electron chi connectivity index (χ4n) is 2.02. The van der Waals surface area contributed by atoms with E-state index in [1.54, 1.807) is 11.3 Å². The number of hydrogen-bond donors (Lipinski definition) is 2. The number of thiazole rings is 1. The number of anilines is 2. The number of ether oxygens (including phenoxy) is 1. The van der Waals surface area contributed by atoms with E-state index in [1.807, 2.05) is 18.3 Å². The summed E-state index contributed by atoms with van der Waals surface area (Å²) < 4.78 is 5.59. The molecule has 0 atom stereocenters. The lowest BCUT2D eigenvalue weighted by Crippen LogP contribution is -2.08. The number of nitrogens with two attached hydrogens (primary N) is 1. The van der Waals surface area contributed by atoms with Gasteiger partial charge in [0.05, 0.1) is 6.61 Å². The monoisotopic (exact) mass is 261 g/mol. The van der Waals surface area contributed by atoms with Gasteiger partial charge in [0.1, 0.15) is 5.75 Å². The topological polar surface area (TPSA) is 60.2 Å². The van der Waals surface area contributed by atoms with Crippen molar-refractivity contribution in [2.24, 2.45) is 5.73 Å². The molecule has 2 aromatic rings. The molecule has 0 aliphatic carbocycles. The fourth-order valence-corrected chi connectivity index (χ4v) is 2.73. The van der Waals surface area contributed by atoms with E-state index in [-0.39, 0.29) is 0 Å². The van der Waals surface area contributed by atoms with Gasteiger partial charge in [0, 0.05) is 23.3 Å². The van der Waals surface area contributed by atoms with E-state index < -0.39 is 0 Å². The molecule has 3 rings (SSSR count). The van der Waals surface area contributed by atoms with Crippen molar-refractivity contribution in [3.63, 3.8) is 0 Å². The molecule has 2 heterocycles. The number of aromatic nitrogens is 1. The highest BCUT2D eigenvalue weighted by Gasteiger charge is 2.11. The van der Waals surface area contributed by atoms with Crippen LogP contribution in [0.2, 0.25) is 0 Å². The van der Waals surface area contributed by atoms with Crippen LogP contribution in [-0.2, 0) is 13.0 Å². The van der Waals surface area contributed by atoms with Crippen LogP contribution >= 0.6 is 11.3 Å². The minimum Gasteiger partial charge on any atom is -0.493 e. The van der Waals surface area contributed by atoms with Crippen molar-refractivity contribution in [2.45, 2.75) is 19.4 Å². The molecule has 1 aliphatic rings. The van der Waals surface area contributed by atoms with Gasteiger partial charge in [-0.1, -0.05) is 0 Å². The lowest BCUT2D eigenvalue weighted by atomic mass is 10.1. The van der Waals surface area contributed by atoms with Crippen molar-refractivity contribution in [3.8, 4) is 5.75 Å². The van der Waals surface area contributed by atoms with E-state index in [1.165, 1.54) is 5.56 Å². The molecule has 0 radical (unpaired) electrons. The first kappa shape index (κ1) is 11.5. The van der Waals surface area contributed by atoms with Gasteiger partial charge in [-0.3, -0.25) is 0 Å². The van der Waals surface area contributed by atoms with Crippen LogP contribution in [0.1, 0.15) is 16.9 Å². The predicted octanol–water partition coefficient (Wildman–Crippen LogP) is 2.67. The quantitative estimate of drug-likeness (QED) is 0.891. The summed E-state index contributed by atoms with van der Waals surface area (Å²) in [5.41, 5.74) is 7.89. The van der Waals surface area contributed by atoms with Crippen molar-refractivity contribution in [3.05, 3.63) is 34.8 Å². The Labute approximate surface area is 110 Å². The predicted molar refractivity (Wildman–Crippen MR) is 73.5 cm³/mol. The van der Waals surface area contributed by atoms with Crippen LogP contribution in [-0.4, -0.2) is 11.6 Å². The summed E-state index contributed by atoms with van der Waals surface area (Å²) in [4.78, 5) is 5.37. The average molecular weight is 261 g/mol. The summed E-state index contributed by atoms with van der Waals surface area (Å²) >= 11 is 1.59. The van der Waals surface area contributed by atoms with E-state index in [2.05, 4.69) is 16.4 Å². The molecular formula is C13H15N3OS. The van der Waals surface area contributed by atoms with Crippen molar-refractivity contribution in [1.82, 2.24) is 4.98 Å². The zero-order chi connectivity index (χ0) is 12.4. The molecular weight excluding hydrogens is 246 g/mol. The maximum atomic E-state index is 5.59. The lowest BCUT2D eigenvalue weighted by molar-refractivity contribution is 0.288. The van der Waals surface area contributed by atoms with Crippen molar-refractivity contribution < 1.29 is 4.74 Å². The second kappa shape index (κ2) is 4.96. The molecule has 0 fully saturated rings. The van der Waals surface area contributed by atoms with Gasteiger partial charge in [-0.2, -0.15) is 0 Å². The normalized spacial score (nSPS) is 13.8. The number of benzene rings is 1. The van der Waals surface area contributed by atoms with Crippen LogP contribution < -0.4 is 15.8 Å². The largest absolute Gasteiger partial charge is 0.493 e. The molecule has 0 saturated heterocycles. The first-order valence-electron chi connectivity index (χ1n) is 6.02. The first-order chi connectivity index (χ1) is 8.85. The molecule has 1 aromatic heterocycles. The number of hydrogen-bond acceptors (Lipinski definition) is 5. The Bertz CT molecular complexity index is 553. The van der Waals surface area contributed by atoms with Crippen LogP contribution in [0.3, 0.4) is 0 Å². The molecule has 0 spiro atoms. The minimum absolute atomic E-state index is 0.539. The van der Waals surface area contributed by atoms with E-state index in [0.29, 0.717) is 6.54 Å². The van der Waals surface area contributed by atoms with E-state index in [4.69, 9.17) is 10.5 Å². The summed E-state index contributed by atoms with van der Waals surface area (Å²) in [7, 11) is 0. The van der Waals surface area contributed by atoms with Gasteiger partial charge >= 0.3 is 0 Å². The lowest BCUT2D eigenvalue weighted by Gasteiger charge is -2.17. The van der Waals surface area contributed by atoms with Crippen molar-refractivity contribution >= 4 is 22.2 Å². The second-order valence-corrected chi connectivity index (χ2v) is 5.35. The van der Waals surface area contributed by atoms with Crippen LogP contribution in [0.4, 0.5) is 10.8 Å². The molecule has 1 aliphatic heterocycles. The molecule has 18 heavy (non-hydrogen) atoms. The molecule has 5 heteroatoms. The molecule has 0 saturated carbocycles. The Balaban J connectivity index is 1.80. The Morgan fingerprint density at radius 1 is 1.44 bits per heavy atom. The summed E-state index contributed by atoms with van der Waals surface area (Å²) in [6.07, 6.45) is 3.98. The summed E-state index contributed by atoms with van der Waals surface area (Å²) in [5.74, 6) is 1.01. The van der Waals surface area contributed by atoms with E-state index in [0.717, 1.165) is 40.9 Å². The number of nitrogens with one attached hydrogen (secondary N) is 1. The Morgan fingerprint density at radius 2 is 2.39 bits per heavy atom. The second-order valence-electron chi connectivity index (χ2n) is 4.24. The maximum Gasteiger partial charge on any atom is 0.187 e. The van der Waals surface area contributed by atoms with Crippen LogP contribution in [0.5, 0.6) is 5.75 Å². The average Bonchev–Trinajstić information content (AvgIpc) is 2.86. The van der Waals surface area contributed by atoms with Crippen molar-refractivity contribution in [2.75, 3.05) is 11.9 Å². The fraction of sp³-hybridized carbons (Fsp3) is 0.308. The Kier molecular flexibility index (Phi) is 3.17. The van der Waals surface area contributed by atoms with Gasteiger partial charge in [0.15, 0.2) is 5.13 Å². The molecule has 0 unspecified atom stereocenters. The third-order valence-electron chi connectivity index (χ3n) is 2.91. The van der Waals surface area contributed by atoms with Gasteiger partial charge in [-0.15, -0.1) is 11.3 Å². The zero-order valence-electron chi connectivity index (χ0n) is 9.98. The number of fused-ring (bicyclic) bond motifs is 1. The summed E-state index contributed by atoms with van der Waals surface area (Å²) in [6.45, 7) is 1.36. The summed E-state index contributed by atoms with van der Waals surface area (Å²) in [5, 5.41) is 4.19.